The van der Waals surface area contributed by atoms with Gasteiger partial charge in [0.05, 0.1) is 17.6 Å². The Labute approximate surface area is 191 Å². The molecule has 2 heterocycles. The van der Waals surface area contributed by atoms with Gasteiger partial charge in [0.15, 0.2) is 5.65 Å². The second-order valence-electron chi connectivity index (χ2n) is 8.90. The SMILES string of the molecule is Cc1ccc(-c2cn3nc(-c4ccc(C(=O)NO)cc4)ccc3n2)cc1NC(=O)C(C)(C)C. The van der Waals surface area contributed by atoms with Crippen molar-refractivity contribution in [2.24, 2.45) is 5.41 Å². The number of carbonyl (C=O) groups excluding carboxylic acids is 2. The highest BCUT2D eigenvalue weighted by Gasteiger charge is 2.22. The van der Waals surface area contributed by atoms with Gasteiger partial charge in [0, 0.05) is 27.8 Å². The van der Waals surface area contributed by atoms with Gasteiger partial charge < -0.3 is 5.32 Å². The monoisotopic (exact) mass is 443 g/mol. The molecule has 2 aromatic carbocycles. The fourth-order valence-electron chi connectivity index (χ4n) is 3.26. The Kier molecular flexibility index (Phi) is 5.69. The van der Waals surface area contributed by atoms with Gasteiger partial charge in [-0.3, -0.25) is 14.8 Å². The Morgan fingerprint density at radius 2 is 1.64 bits per heavy atom. The van der Waals surface area contributed by atoms with Gasteiger partial charge in [-0.05, 0) is 42.8 Å². The molecule has 33 heavy (non-hydrogen) atoms. The summed E-state index contributed by atoms with van der Waals surface area (Å²) >= 11 is 0. The Bertz CT molecular complexity index is 1350. The first-order valence-corrected chi connectivity index (χ1v) is 10.5. The molecule has 2 aromatic heterocycles. The van der Waals surface area contributed by atoms with Gasteiger partial charge in [0.1, 0.15) is 0 Å². The number of carbonyl (C=O) groups is 2. The van der Waals surface area contributed by atoms with Crippen LogP contribution in [0.1, 0.15) is 36.7 Å². The number of hydrogen-bond acceptors (Lipinski definition) is 5. The zero-order chi connectivity index (χ0) is 23.8. The van der Waals surface area contributed by atoms with Crippen molar-refractivity contribution in [1.29, 1.82) is 0 Å². The van der Waals surface area contributed by atoms with Crippen LogP contribution in [0.5, 0.6) is 0 Å². The maximum Gasteiger partial charge on any atom is 0.274 e. The molecule has 168 valence electrons. The van der Waals surface area contributed by atoms with Crippen molar-refractivity contribution in [3.63, 3.8) is 0 Å². The van der Waals surface area contributed by atoms with E-state index in [4.69, 9.17) is 5.21 Å². The van der Waals surface area contributed by atoms with Crippen molar-refractivity contribution >= 4 is 23.1 Å². The minimum Gasteiger partial charge on any atom is -0.325 e. The van der Waals surface area contributed by atoms with Crippen LogP contribution in [0.2, 0.25) is 0 Å². The Balaban J connectivity index is 1.65. The van der Waals surface area contributed by atoms with E-state index in [2.05, 4.69) is 15.4 Å². The molecule has 4 rings (SSSR count). The van der Waals surface area contributed by atoms with Crippen molar-refractivity contribution in [3.8, 4) is 22.5 Å². The summed E-state index contributed by atoms with van der Waals surface area (Å²) in [5, 5.41) is 16.4. The molecule has 0 atom stereocenters. The molecule has 3 N–H and O–H groups in total. The molecule has 8 heteroatoms. The van der Waals surface area contributed by atoms with Gasteiger partial charge in [-0.1, -0.05) is 45.0 Å². The number of aryl methyl sites for hydroxylation is 1. The third-order valence-corrected chi connectivity index (χ3v) is 5.33. The molecule has 0 unspecified atom stereocenters. The van der Waals surface area contributed by atoms with Crippen LogP contribution >= 0.6 is 0 Å². The number of anilines is 1. The molecule has 0 fully saturated rings. The van der Waals surface area contributed by atoms with E-state index in [-0.39, 0.29) is 5.91 Å². The number of hydrogen-bond donors (Lipinski definition) is 3. The average molecular weight is 444 g/mol. The highest BCUT2D eigenvalue weighted by atomic mass is 16.5. The summed E-state index contributed by atoms with van der Waals surface area (Å²) in [6, 6.07) is 16.3. The minimum absolute atomic E-state index is 0.0495. The lowest BCUT2D eigenvalue weighted by Crippen LogP contribution is -2.27. The van der Waals surface area contributed by atoms with E-state index < -0.39 is 11.3 Å². The molecule has 2 amide bonds. The van der Waals surface area contributed by atoms with Crippen molar-refractivity contribution in [2.75, 3.05) is 5.32 Å². The summed E-state index contributed by atoms with van der Waals surface area (Å²) < 4.78 is 1.70. The number of hydroxylamine groups is 1. The number of imidazole rings is 1. The highest BCUT2D eigenvalue weighted by molar-refractivity contribution is 5.96. The fourth-order valence-corrected chi connectivity index (χ4v) is 3.26. The van der Waals surface area contributed by atoms with Crippen LogP contribution in [0.3, 0.4) is 0 Å². The maximum atomic E-state index is 12.4. The zero-order valence-corrected chi connectivity index (χ0v) is 18.9. The second kappa shape index (κ2) is 8.48. The molecule has 0 aliphatic heterocycles. The van der Waals surface area contributed by atoms with Crippen LogP contribution in [0, 0.1) is 12.3 Å². The summed E-state index contributed by atoms with van der Waals surface area (Å²) in [5.41, 5.74) is 7.03. The smallest absolute Gasteiger partial charge is 0.274 e. The standard InChI is InChI=1S/C25H25N5O3/c1-15-5-6-18(13-20(15)27-24(32)25(2,3)4)21-14-30-22(26-21)12-11-19(28-30)16-7-9-17(10-8-16)23(31)29-33/h5-14,33H,1-4H3,(H,27,32)(H,29,31). The first-order chi connectivity index (χ1) is 15.7. The van der Waals surface area contributed by atoms with Crippen LogP contribution in [-0.2, 0) is 4.79 Å². The number of rotatable bonds is 4. The summed E-state index contributed by atoms with van der Waals surface area (Å²) in [5.74, 6) is -0.619. The number of nitrogens with zero attached hydrogens (tertiary/aromatic N) is 3. The summed E-state index contributed by atoms with van der Waals surface area (Å²) in [4.78, 5) is 28.6. The first-order valence-electron chi connectivity index (χ1n) is 10.5. The van der Waals surface area contributed by atoms with Gasteiger partial charge in [0.25, 0.3) is 5.91 Å². The number of nitrogens with one attached hydrogen (secondary N) is 2. The molecular formula is C25H25N5O3. The fraction of sp³-hybridized carbons (Fsp3) is 0.200. The van der Waals surface area contributed by atoms with E-state index in [1.807, 2.05) is 64.2 Å². The molecule has 0 bridgehead atoms. The van der Waals surface area contributed by atoms with Crippen molar-refractivity contribution < 1.29 is 14.8 Å². The Morgan fingerprint density at radius 1 is 0.939 bits per heavy atom. The third-order valence-electron chi connectivity index (χ3n) is 5.33. The number of aromatic nitrogens is 3. The van der Waals surface area contributed by atoms with Crippen LogP contribution in [-0.4, -0.2) is 31.6 Å². The van der Waals surface area contributed by atoms with Gasteiger partial charge in [-0.25, -0.2) is 15.0 Å². The van der Waals surface area contributed by atoms with Gasteiger partial charge in [-0.2, -0.15) is 5.10 Å². The molecule has 0 spiro atoms. The average Bonchev–Trinajstić information content (AvgIpc) is 3.23. The summed E-state index contributed by atoms with van der Waals surface area (Å²) in [7, 11) is 0. The number of amides is 2. The van der Waals surface area contributed by atoms with Crippen LogP contribution < -0.4 is 10.8 Å². The lowest BCUT2D eigenvalue weighted by molar-refractivity contribution is -0.123. The van der Waals surface area contributed by atoms with E-state index in [0.717, 1.165) is 28.1 Å². The van der Waals surface area contributed by atoms with Crippen LogP contribution in [0.15, 0.2) is 60.8 Å². The van der Waals surface area contributed by atoms with Crippen molar-refractivity contribution in [3.05, 3.63) is 71.9 Å². The van der Waals surface area contributed by atoms with Gasteiger partial charge >= 0.3 is 0 Å². The van der Waals surface area contributed by atoms with E-state index in [1.54, 1.807) is 34.3 Å². The Morgan fingerprint density at radius 3 is 2.30 bits per heavy atom. The van der Waals surface area contributed by atoms with E-state index in [1.165, 1.54) is 0 Å². The summed E-state index contributed by atoms with van der Waals surface area (Å²) in [6.07, 6.45) is 1.84. The molecule has 0 aliphatic carbocycles. The molecule has 0 aliphatic rings. The van der Waals surface area contributed by atoms with Crippen molar-refractivity contribution in [1.82, 2.24) is 20.1 Å². The van der Waals surface area contributed by atoms with E-state index in [0.29, 0.717) is 16.9 Å². The molecule has 0 radical (unpaired) electrons. The highest BCUT2D eigenvalue weighted by Crippen LogP contribution is 2.27. The maximum absolute atomic E-state index is 12.4. The zero-order valence-electron chi connectivity index (χ0n) is 18.9. The van der Waals surface area contributed by atoms with Crippen LogP contribution in [0.4, 0.5) is 5.69 Å². The number of fused-ring (bicyclic) bond motifs is 1. The largest absolute Gasteiger partial charge is 0.325 e. The quantitative estimate of drug-likeness (QED) is 0.318. The van der Waals surface area contributed by atoms with Gasteiger partial charge in [0.2, 0.25) is 5.91 Å². The second-order valence-corrected chi connectivity index (χ2v) is 8.90. The van der Waals surface area contributed by atoms with Crippen LogP contribution in [0.25, 0.3) is 28.2 Å². The third kappa shape index (κ3) is 4.61. The Hall–Kier alpha value is -4.04. The van der Waals surface area contributed by atoms with Crippen molar-refractivity contribution in [2.45, 2.75) is 27.7 Å². The molecular weight excluding hydrogens is 418 g/mol. The molecule has 0 saturated carbocycles. The van der Waals surface area contributed by atoms with Gasteiger partial charge in [-0.15, -0.1) is 0 Å². The lowest BCUT2D eigenvalue weighted by atomic mass is 9.95. The number of benzene rings is 2. The molecule has 8 nitrogen and oxygen atoms in total. The first kappa shape index (κ1) is 22.2. The summed E-state index contributed by atoms with van der Waals surface area (Å²) in [6.45, 7) is 7.58. The predicted molar refractivity (Wildman–Crippen MR) is 126 cm³/mol. The lowest BCUT2D eigenvalue weighted by Gasteiger charge is -2.19. The topological polar surface area (TPSA) is 109 Å². The predicted octanol–water partition coefficient (Wildman–Crippen LogP) is 4.48. The molecule has 4 aromatic rings. The normalized spacial score (nSPS) is 11.4. The van der Waals surface area contributed by atoms with E-state index in [9.17, 15) is 9.59 Å². The van der Waals surface area contributed by atoms with E-state index >= 15 is 0 Å². The minimum atomic E-state index is -0.569. The molecule has 0 saturated heterocycles.